The Morgan fingerprint density at radius 1 is 1.44 bits per heavy atom. The van der Waals surface area contributed by atoms with Crippen molar-refractivity contribution in [1.29, 1.82) is 0 Å². The molecule has 0 aromatic carbocycles. The van der Waals surface area contributed by atoms with Crippen molar-refractivity contribution in [2.24, 2.45) is 5.73 Å². The summed E-state index contributed by atoms with van der Waals surface area (Å²) in [6.07, 6.45) is 5.44. The maximum atomic E-state index is 5.75. The van der Waals surface area contributed by atoms with Crippen molar-refractivity contribution in [3.8, 4) is 0 Å². The Balaban J connectivity index is 2.06. The molecule has 0 amide bonds. The smallest absolute Gasteiger partial charge is 0.157 e. The van der Waals surface area contributed by atoms with Crippen molar-refractivity contribution in [2.45, 2.75) is 32.2 Å². The van der Waals surface area contributed by atoms with E-state index in [9.17, 15) is 0 Å². The molecule has 0 unspecified atom stereocenters. The number of fused-ring (bicyclic) bond motifs is 1. The van der Waals surface area contributed by atoms with Gasteiger partial charge in [0.25, 0.3) is 0 Å². The normalized spacial score (nSPS) is 15.9. The summed E-state index contributed by atoms with van der Waals surface area (Å²) in [7, 11) is 0. The van der Waals surface area contributed by atoms with Gasteiger partial charge in [-0.1, -0.05) is 0 Å². The van der Waals surface area contributed by atoms with Gasteiger partial charge < -0.3 is 10.6 Å². The van der Waals surface area contributed by atoms with Crippen LogP contribution in [0.3, 0.4) is 0 Å². The average Bonchev–Trinajstić information content (AvgIpc) is 2.72. The van der Waals surface area contributed by atoms with E-state index in [1.54, 1.807) is 6.33 Å². The highest BCUT2D eigenvalue weighted by Gasteiger charge is 2.26. The molecule has 96 valence electrons. The van der Waals surface area contributed by atoms with Crippen LogP contribution in [0.2, 0.25) is 0 Å². The summed E-state index contributed by atoms with van der Waals surface area (Å²) in [5.74, 6) is 1.12. The zero-order valence-corrected chi connectivity index (χ0v) is 10.7. The lowest BCUT2D eigenvalue weighted by atomic mass is 9.91. The number of nitrogens with zero attached hydrogens (tertiary/aromatic N) is 4. The van der Waals surface area contributed by atoms with Crippen molar-refractivity contribution in [1.82, 2.24) is 14.6 Å². The predicted octanol–water partition coefficient (Wildman–Crippen LogP) is 1.36. The maximum absolute atomic E-state index is 5.75. The Kier molecular flexibility index (Phi) is 2.91. The molecule has 0 bridgehead atoms. The molecule has 0 saturated heterocycles. The zero-order chi connectivity index (χ0) is 12.5. The van der Waals surface area contributed by atoms with Crippen molar-refractivity contribution in [3.05, 3.63) is 24.0 Å². The van der Waals surface area contributed by atoms with E-state index in [2.05, 4.69) is 34.0 Å². The maximum Gasteiger partial charge on any atom is 0.157 e. The van der Waals surface area contributed by atoms with E-state index < -0.39 is 0 Å². The topological polar surface area (TPSA) is 59.5 Å². The molecule has 0 aliphatic heterocycles. The molecule has 0 atom stereocenters. The van der Waals surface area contributed by atoms with Gasteiger partial charge in [-0.25, -0.2) is 4.98 Å². The zero-order valence-electron chi connectivity index (χ0n) is 10.7. The number of aromatic nitrogens is 3. The molecule has 2 aromatic heterocycles. The third-order valence-corrected chi connectivity index (χ3v) is 3.68. The lowest BCUT2D eigenvalue weighted by Crippen LogP contribution is -2.44. The third-order valence-electron chi connectivity index (χ3n) is 3.68. The van der Waals surface area contributed by atoms with E-state index >= 15 is 0 Å². The second-order valence-corrected chi connectivity index (χ2v) is 4.99. The van der Waals surface area contributed by atoms with Gasteiger partial charge in [0.05, 0.1) is 0 Å². The van der Waals surface area contributed by atoms with Crippen LogP contribution in [-0.4, -0.2) is 33.7 Å². The van der Waals surface area contributed by atoms with Crippen LogP contribution in [-0.2, 0) is 0 Å². The highest BCUT2D eigenvalue weighted by Crippen LogP contribution is 2.29. The lowest BCUT2D eigenvalue weighted by molar-refractivity contribution is 0.384. The minimum Gasteiger partial charge on any atom is -0.352 e. The van der Waals surface area contributed by atoms with E-state index in [1.807, 2.05) is 4.52 Å². The first-order chi connectivity index (χ1) is 8.79. The molecule has 1 aliphatic rings. The summed E-state index contributed by atoms with van der Waals surface area (Å²) in [6, 6.07) is 4.84. The number of pyridine rings is 1. The van der Waals surface area contributed by atoms with Gasteiger partial charge in [-0.05, 0) is 43.9 Å². The summed E-state index contributed by atoms with van der Waals surface area (Å²) >= 11 is 0. The Morgan fingerprint density at radius 2 is 2.28 bits per heavy atom. The molecule has 18 heavy (non-hydrogen) atoms. The molecule has 0 radical (unpaired) electrons. The SMILES string of the molecule is Cc1cc(N(CCN)C2CCC2)n2ncnc2c1. The van der Waals surface area contributed by atoms with Crippen LogP contribution in [0.25, 0.3) is 5.65 Å². The predicted molar refractivity (Wildman–Crippen MR) is 71.8 cm³/mol. The fourth-order valence-electron chi connectivity index (χ4n) is 2.56. The molecular weight excluding hydrogens is 226 g/mol. The summed E-state index contributed by atoms with van der Waals surface area (Å²) in [6.45, 7) is 3.64. The average molecular weight is 245 g/mol. The van der Waals surface area contributed by atoms with Crippen LogP contribution < -0.4 is 10.6 Å². The first kappa shape index (κ1) is 11.5. The quantitative estimate of drug-likeness (QED) is 0.883. The summed E-state index contributed by atoms with van der Waals surface area (Å²) < 4.78 is 1.92. The van der Waals surface area contributed by atoms with Gasteiger partial charge in [0, 0.05) is 19.1 Å². The fourth-order valence-corrected chi connectivity index (χ4v) is 2.56. The Bertz CT molecular complexity index is 543. The van der Waals surface area contributed by atoms with Gasteiger partial charge >= 0.3 is 0 Å². The Hall–Kier alpha value is -1.62. The highest BCUT2D eigenvalue weighted by atomic mass is 15.4. The summed E-state index contributed by atoms with van der Waals surface area (Å²) in [5, 5.41) is 4.33. The van der Waals surface area contributed by atoms with Gasteiger partial charge in [0.1, 0.15) is 12.1 Å². The van der Waals surface area contributed by atoms with E-state index in [-0.39, 0.29) is 0 Å². The lowest BCUT2D eigenvalue weighted by Gasteiger charge is -2.39. The molecule has 5 nitrogen and oxygen atoms in total. The van der Waals surface area contributed by atoms with Crippen LogP contribution in [0.4, 0.5) is 5.82 Å². The van der Waals surface area contributed by atoms with Gasteiger partial charge in [0.15, 0.2) is 5.65 Å². The van der Waals surface area contributed by atoms with Crippen molar-refractivity contribution >= 4 is 11.5 Å². The van der Waals surface area contributed by atoms with Crippen molar-refractivity contribution in [3.63, 3.8) is 0 Å². The molecule has 2 heterocycles. The minimum atomic E-state index is 0.614. The van der Waals surface area contributed by atoms with Crippen LogP contribution in [0.1, 0.15) is 24.8 Å². The van der Waals surface area contributed by atoms with E-state index in [0.29, 0.717) is 12.6 Å². The number of aryl methyl sites for hydroxylation is 1. The highest BCUT2D eigenvalue weighted by molar-refractivity contribution is 5.53. The monoisotopic (exact) mass is 245 g/mol. The number of anilines is 1. The molecule has 2 aromatic rings. The Morgan fingerprint density at radius 3 is 2.94 bits per heavy atom. The first-order valence-electron chi connectivity index (χ1n) is 6.56. The van der Waals surface area contributed by atoms with Gasteiger partial charge in [-0.3, -0.25) is 0 Å². The molecular formula is C13H19N5. The first-order valence-corrected chi connectivity index (χ1v) is 6.56. The number of hydrogen-bond donors (Lipinski definition) is 1. The largest absolute Gasteiger partial charge is 0.352 e. The standard InChI is InChI=1S/C13H19N5/c1-10-7-12-15-9-16-18(12)13(8-10)17(6-5-14)11-3-2-4-11/h7-9,11H,2-6,14H2,1H3. The van der Waals surface area contributed by atoms with Crippen LogP contribution in [0.15, 0.2) is 18.5 Å². The molecule has 2 N–H and O–H groups in total. The molecule has 0 spiro atoms. The second-order valence-electron chi connectivity index (χ2n) is 4.99. The molecule has 1 aliphatic carbocycles. The van der Waals surface area contributed by atoms with Gasteiger partial charge in [-0.15, -0.1) is 0 Å². The number of rotatable bonds is 4. The molecule has 1 saturated carbocycles. The molecule has 1 fully saturated rings. The van der Waals surface area contributed by atoms with E-state index in [1.165, 1.54) is 24.8 Å². The molecule has 5 heteroatoms. The van der Waals surface area contributed by atoms with Crippen molar-refractivity contribution < 1.29 is 0 Å². The minimum absolute atomic E-state index is 0.614. The fraction of sp³-hybridized carbons (Fsp3) is 0.538. The number of nitrogens with two attached hydrogens (primary N) is 1. The van der Waals surface area contributed by atoms with Crippen LogP contribution in [0, 0.1) is 6.92 Å². The van der Waals surface area contributed by atoms with Crippen molar-refractivity contribution in [2.75, 3.05) is 18.0 Å². The second kappa shape index (κ2) is 4.57. The molecule has 3 rings (SSSR count). The summed E-state index contributed by atoms with van der Waals surface area (Å²) in [4.78, 5) is 6.67. The summed E-state index contributed by atoms with van der Waals surface area (Å²) in [5.41, 5.74) is 7.88. The van der Waals surface area contributed by atoms with Crippen LogP contribution >= 0.6 is 0 Å². The van der Waals surface area contributed by atoms with E-state index in [0.717, 1.165) is 18.0 Å². The Labute approximate surface area is 107 Å². The van der Waals surface area contributed by atoms with E-state index in [4.69, 9.17) is 5.73 Å². The van der Waals surface area contributed by atoms with Gasteiger partial charge in [-0.2, -0.15) is 9.61 Å². The van der Waals surface area contributed by atoms with Crippen LogP contribution in [0.5, 0.6) is 0 Å². The third kappa shape index (κ3) is 1.84. The number of hydrogen-bond acceptors (Lipinski definition) is 4. The van der Waals surface area contributed by atoms with Gasteiger partial charge in [0.2, 0.25) is 0 Å².